The lowest BCUT2D eigenvalue weighted by Crippen LogP contribution is -2.45. The fraction of sp³-hybridized carbons (Fsp3) is 1.00. The maximum Gasteiger partial charge on any atom is 0.0684 e. The molecule has 2 heterocycles. The Hall–Kier alpha value is 0.230. The molecule has 2 rings (SSSR count). The summed E-state index contributed by atoms with van der Waals surface area (Å²) in [5.41, 5.74) is 0. The van der Waals surface area contributed by atoms with E-state index >= 15 is 0 Å². The van der Waals surface area contributed by atoms with Crippen molar-refractivity contribution in [1.82, 2.24) is 15.5 Å². The highest BCUT2D eigenvalue weighted by atomic mass is 32.2. The van der Waals surface area contributed by atoms with Crippen molar-refractivity contribution < 1.29 is 0 Å². The molecule has 13 heavy (non-hydrogen) atoms. The van der Waals surface area contributed by atoms with Gasteiger partial charge in [0.1, 0.15) is 0 Å². The quantitative estimate of drug-likeness (QED) is 0.622. The van der Waals surface area contributed by atoms with E-state index in [4.69, 9.17) is 0 Å². The van der Waals surface area contributed by atoms with Crippen LogP contribution < -0.4 is 10.6 Å². The summed E-state index contributed by atoms with van der Waals surface area (Å²) < 4.78 is 0. The third-order valence-electron chi connectivity index (χ3n) is 2.69. The molecule has 2 N–H and O–H groups in total. The zero-order valence-corrected chi connectivity index (χ0v) is 8.91. The summed E-state index contributed by atoms with van der Waals surface area (Å²) in [5, 5.41) is 7.64. The van der Waals surface area contributed by atoms with Gasteiger partial charge in [-0.15, -0.1) is 11.8 Å². The molecular weight excluding hydrogens is 182 g/mol. The van der Waals surface area contributed by atoms with Crippen LogP contribution in [0.3, 0.4) is 0 Å². The van der Waals surface area contributed by atoms with Crippen LogP contribution in [0, 0.1) is 0 Å². The van der Waals surface area contributed by atoms with Crippen LogP contribution in [0.15, 0.2) is 0 Å². The van der Waals surface area contributed by atoms with Crippen molar-refractivity contribution in [2.75, 3.05) is 45.0 Å². The van der Waals surface area contributed by atoms with Gasteiger partial charge in [-0.05, 0) is 13.0 Å². The summed E-state index contributed by atoms with van der Waals surface area (Å²) in [5.74, 6) is 1.27. The molecule has 2 aliphatic rings. The van der Waals surface area contributed by atoms with Gasteiger partial charge in [0.2, 0.25) is 0 Å². The SMILES string of the molecule is C1CNCCN(C2CNCCS2)C1. The predicted octanol–water partition coefficient (Wildman–Crippen LogP) is -0.0558. The minimum atomic E-state index is 0.730. The Labute approximate surface area is 84.6 Å². The third kappa shape index (κ3) is 2.84. The summed E-state index contributed by atoms with van der Waals surface area (Å²) >= 11 is 2.11. The number of thioether (sulfide) groups is 1. The Balaban J connectivity index is 1.82. The third-order valence-corrected chi connectivity index (χ3v) is 3.98. The molecule has 76 valence electrons. The van der Waals surface area contributed by atoms with Crippen LogP contribution in [-0.4, -0.2) is 55.3 Å². The summed E-state index contributed by atoms with van der Waals surface area (Å²) in [6.07, 6.45) is 1.30. The standard InChI is InChI=1S/C9H19N3S/c1-2-10-3-6-12(5-1)9-8-11-4-7-13-9/h9-11H,1-8H2. The van der Waals surface area contributed by atoms with Gasteiger partial charge in [-0.3, -0.25) is 4.90 Å². The molecule has 0 saturated carbocycles. The summed E-state index contributed by atoms with van der Waals surface area (Å²) in [6, 6.07) is 0. The summed E-state index contributed by atoms with van der Waals surface area (Å²) in [4.78, 5) is 2.62. The number of hydrogen-bond donors (Lipinski definition) is 2. The van der Waals surface area contributed by atoms with Crippen molar-refractivity contribution in [3.63, 3.8) is 0 Å². The second kappa shape index (κ2) is 5.20. The van der Waals surface area contributed by atoms with Crippen LogP contribution in [0.5, 0.6) is 0 Å². The van der Waals surface area contributed by atoms with E-state index in [-0.39, 0.29) is 0 Å². The number of rotatable bonds is 1. The molecule has 0 amide bonds. The Kier molecular flexibility index (Phi) is 3.91. The first-order valence-electron chi connectivity index (χ1n) is 5.24. The van der Waals surface area contributed by atoms with Gasteiger partial charge in [0.05, 0.1) is 5.37 Å². The molecular formula is C9H19N3S. The average Bonchev–Trinajstić information content (AvgIpc) is 2.47. The molecule has 2 fully saturated rings. The fourth-order valence-corrected chi connectivity index (χ4v) is 3.13. The Bertz CT molecular complexity index is 140. The van der Waals surface area contributed by atoms with Crippen LogP contribution in [0.1, 0.15) is 6.42 Å². The van der Waals surface area contributed by atoms with Crippen molar-refractivity contribution in [1.29, 1.82) is 0 Å². The topological polar surface area (TPSA) is 27.3 Å². The molecule has 0 aromatic heterocycles. The Morgan fingerprint density at radius 3 is 2.92 bits per heavy atom. The fourth-order valence-electron chi connectivity index (χ4n) is 1.94. The van der Waals surface area contributed by atoms with E-state index in [1.54, 1.807) is 0 Å². The molecule has 4 heteroatoms. The second-order valence-corrected chi connectivity index (χ2v) is 4.95. The monoisotopic (exact) mass is 201 g/mol. The zero-order valence-electron chi connectivity index (χ0n) is 8.09. The number of hydrogen-bond acceptors (Lipinski definition) is 4. The minimum absolute atomic E-state index is 0.730. The molecule has 0 spiro atoms. The lowest BCUT2D eigenvalue weighted by Gasteiger charge is -2.32. The highest BCUT2D eigenvalue weighted by Crippen LogP contribution is 2.18. The van der Waals surface area contributed by atoms with Gasteiger partial charge < -0.3 is 10.6 Å². The normalized spacial score (nSPS) is 32.8. The largest absolute Gasteiger partial charge is 0.315 e. The van der Waals surface area contributed by atoms with Gasteiger partial charge in [0, 0.05) is 38.5 Å². The van der Waals surface area contributed by atoms with E-state index in [1.165, 1.54) is 44.9 Å². The van der Waals surface area contributed by atoms with Gasteiger partial charge in [-0.1, -0.05) is 0 Å². The van der Waals surface area contributed by atoms with Crippen LogP contribution in [0.2, 0.25) is 0 Å². The van der Waals surface area contributed by atoms with Gasteiger partial charge in [0.15, 0.2) is 0 Å². The molecule has 1 atom stereocenters. The molecule has 0 bridgehead atoms. The van der Waals surface area contributed by atoms with E-state index in [2.05, 4.69) is 27.3 Å². The number of nitrogens with zero attached hydrogens (tertiary/aromatic N) is 1. The number of nitrogens with one attached hydrogen (secondary N) is 2. The Morgan fingerprint density at radius 2 is 2.08 bits per heavy atom. The molecule has 0 aromatic rings. The first-order valence-corrected chi connectivity index (χ1v) is 6.29. The molecule has 3 nitrogen and oxygen atoms in total. The van der Waals surface area contributed by atoms with E-state index in [1.807, 2.05) is 0 Å². The highest BCUT2D eigenvalue weighted by Gasteiger charge is 2.21. The van der Waals surface area contributed by atoms with Gasteiger partial charge in [0.25, 0.3) is 0 Å². The van der Waals surface area contributed by atoms with Gasteiger partial charge >= 0.3 is 0 Å². The first-order chi connectivity index (χ1) is 6.47. The molecule has 0 aliphatic carbocycles. The second-order valence-electron chi connectivity index (χ2n) is 3.67. The summed E-state index contributed by atoms with van der Waals surface area (Å²) in [6.45, 7) is 7.21. The predicted molar refractivity (Wildman–Crippen MR) is 58.2 cm³/mol. The van der Waals surface area contributed by atoms with E-state index < -0.39 is 0 Å². The van der Waals surface area contributed by atoms with Crippen LogP contribution in [-0.2, 0) is 0 Å². The molecule has 0 radical (unpaired) electrons. The van der Waals surface area contributed by atoms with Crippen molar-refractivity contribution >= 4 is 11.8 Å². The van der Waals surface area contributed by atoms with Crippen molar-refractivity contribution in [3.8, 4) is 0 Å². The van der Waals surface area contributed by atoms with Gasteiger partial charge in [-0.25, -0.2) is 0 Å². The minimum Gasteiger partial charge on any atom is -0.315 e. The molecule has 1 unspecified atom stereocenters. The lowest BCUT2D eigenvalue weighted by molar-refractivity contribution is 0.265. The van der Waals surface area contributed by atoms with Crippen LogP contribution in [0.4, 0.5) is 0 Å². The highest BCUT2D eigenvalue weighted by molar-refractivity contribution is 7.99. The average molecular weight is 201 g/mol. The van der Waals surface area contributed by atoms with E-state index in [9.17, 15) is 0 Å². The smallest absolute Gasteiger partial charge is 0.0684 e. The van der Waals surface area contributed by atoms with Crippen molar-refractivity contribution in [2.45, 2.75) is 11.8 Å². The maximum atomic E-state index is 3.47. The van der Waals surface area contributed by atoms with Crippen molar-refractivity contribution in [2.24, 2.45) is 0 Å². The van der Waals surface area contributed by atoms with Crippen molar-refractivity contribution in [3.05, 3.63) is 0 Å². The van der Waals surface area contributed by atoms with E-state index in [0.717, 1.165) is 11.9 Å². The zero-order chi connectivity index (χ0) is 8.93. The van der Waals surface area contributed by atoms with Gasteiger partial charge in [-0.2, -0.15) is 0 Å². The molecule has 0 aromatic carbocycles. The Morgan fingerprint density at radius 1 is 1.08 bits per heavy atom. The first kappa shape index (κ1) is 9.77. The lowest BCUT2D eigenvalue weighted by atomic mass is 10.4. The maximum absolute atomic E-state index is 3.47. The molecule has 2 saturated heterocycles. The van der Waals surface area contributed by atoms with Crippen LogP contribution in [0.25, 0.3) is 0 Å². The molecule has 2 aliphatic heterocycles. The van der Waals surface area contributed by atoms with Crippen LogP contribution >= 0.6 is 11.8 Å². The summed E-state index contributed by atoms with van der Waals surface area (Å²) in [7, 11) is 0. The van der Waals surface area contributed by atoms with E-state index in [0.29, 0.717) is 0 Å².